The maximum absolute atomic E-state index is 12.8. The minimum atomic E-state index is -0.280. The molecule has 0 bridgehead atoms. The topological polar surface area (TPSA) is 27.1 Å². The Morgan fingerprint density at radius 1 is 0.950 bits per heavy atom. The minimum Gasteiger partial charge on any atom is -0.454 e. The molecule has 100 valence electrons. The second-order valence-corrected chi connectivity index (χ2v) is 4.42. The van der Waals surface area contributed by atoms with E-state index in [4.69, 9.17) is 4.74 Å². The van der Waals surface area contributed by atoms with E-state index < -0.39 is 0 Å². The van der Waals surface area contributed by atoms with Crippen LogP contribution in [-0.4, -0.2) is 9.78 Å². The van der Waals surface area contributed by atoms with Crippen LogP contribution in [0.4, 0.5) is 4.39 Å². The summed E-state index contributed by atoms with van der Waals surface area (Å²) in [7, 11) is 0. The average molecular weight is 268 g/mol. The summed E-state index contributed by atoms with van der Waals surface area (Å²) in [5.74, 6) is 0.940. The Balaban J connectivity index is 1.69. The fourth-order valence-electron chi connectivity index (χ4n) is 1.89. The molecule has 0 unspecified atom stereocenters. The molecule has 0 N–H and O–H groups in total. The standard InChI is InChI=1S/C16H13FN2O/c17-14-6-8-15(9-7-14)20-16-10-18-19(12-16)11-13-4-2-1-3-5-13/h1-10,12H,11H2. The average Bonchev–Trinajstić information content (AvgIpc) is 2.90. The van der Waals surface area contributed by atoms with E-state index in [0.717, 1.165) is 0 Å². The zero-order valence-corrected chi connectivity index (χ0v) is 10.7. The van der Waals surface area contributed by atoms with E-state index in [9.17, 15) is 4.39 Å². The summed E-state index contributed by atoms with van der Waals surface area (Å²) in [5.41, 5.74) is 1.17. The molecule has 0 saturated carbocycles. The second-order valence-electron chi connectivity index (χ2n) is 4.42. The molecule has 2 aromatic carbocycles. The molecule has 0 radical (unpaired) electrons. The van der Waals surface area contributed by atoms with Crippen LogP contribution in [0.3, 0.4) is 0 Å². The van der Waals surface area contributed by atoms with E-state index in [-0.39, 0.29) is 5.82 Å². The van der Waals surface area contributed by atoms with Gasteiger partial charge >= 0.3 is 0 Å². The molecular weight excluding hydrogens is 255 g/mol. The number of halogens is 1. The van der Waals surface area contributed by atoms with Gasteiger partial charge in [-0.15, -0.1) is 0 Å². The number of hydrogen-bond donors (Lipinski definition) is 0. The van der Waals surface area contributed by atoms with Gasteiger partial charge in [-0.05, 0) is 29.8 Å². The highest BCUT2D eigenvalue weighted by Crippen LogP contribution is 2.20. The normalized spacial score (nSPS) is 10.4. The fourth-order valence-corrected chi connectivity index (χ4v) is 1.89. The zero-order valence-electron chi connectivity index (χ0n) is 10.7. The molecule has 0 atom stereocenters. The lowest BCUT2D eigenvalue weighted by atomic mass is 10.2. The van der Waals surface area contributed by atoms with Crippen molar-refractivity contribution in [3.8, 4) is 11.5 Å². The number of benzene rings is 2. The van der Waals surface area contributed by atoms with Crippen LogP contribution in [0.25, 0.3) is 0 Å². The van der Waals surface area contributed by atoms with Gasteiger partial charge in [0.25, 0.3) is 0 Å². The molecule has 0 aliphatic carbocycles. The van der Waals surface area contributed by atoms with Gasteiger partial charge in [0.05, 0.1) is 18.9 Å². The third kappa shape index (κ3) is 3.03. The monoisotopic (exact) mass is 268 g/mol. The summed E-state index contributed by atoms with van der Waals surface area (Å²) in [5, 5.41) is 4.24. The van der Waals surface area contributed by atoms with Gasteiger partial charge < -0.3 is 4.74 Å². The summed E-state index contributed by atoms with van der Waals surface area (Å²) < 4.78 is 20.2. The van der Waals surface area contributed by atoms with Gasteiger partial charge in [0.1, 0.15) is 11.6 Å². The number of rotatable bonds is 4. The van der Waals surface area contributed by atoms with Crippen LogP contribution in [0.1, 0.15) is 5.56 Å². The molecule has 1 aromatic heterocycles. The van der Waals surface area contributed by atoms with Crippen LogP contribution in [0.2, 0.25) is 0 Å². The molecule has 3 rings (SSSR count). The zero-order chi connectivity index (χ0) is 13.8. The largest absolute Gasteiger partial charge is 0.454 e. The van der Waals surface area contributed by atoms with Gasteiger partial charge in [0.2, 0.25) is 0 Å². The van der Waals surface area contributed by atoms with Crippen molar-refractivity contribution >= 4 is 0 Å². The lowest BCUT2D eigenvalue weighted by molar-refractivity contribution is 0.479. The number of aromatic nitrogens is 2. The van der Waals surface area contributed by atoms with Gasteiger partial charge in [-0.3, -0.25) is 4.68 Å². The Kier molecular flexibility index (Phi) is 3.46. The number of ether oxygens (including phenoxy) is 1. The van der Waals surface area contributed by atoms with Crippen molar-refractivity contribution in [1.82, 2.24) is 9.78 Å². The highest BCUT2D eigenvalue weighted by molar-refractivity contribution is 5.28. The summed E-state index contributed by atoms with van der Waals surface area (Å²) in [4.78, 5) is 0. The first kappa shape index (κ1) is 12.4. The van der Waals surface area contributed by atoms with Crippen molar-refractivity contribution < 1.29 is 9.13 Å². The molecule has 1 heterocycles. The SMILES string of the molecule is Fc1ccc(Oc2cnn(Cc3ccccc3)c2)cc1. The van der Waals surface area contributed by atoms with Crippen molar-refractivity contribution in [1.29, 1.82) is 0 Å². The van der Waals surface area contributed by atoms with Gasteiger partial charge in [-0.1, -0.05) is 30.3 Å². The van der Waals surface area contributed by atoms with E-state index in [2.05, 4.69) is 5.10 Å². The fraction of sp³-hybridized carbons (Fsp3) is 0.0625. The van der Waals surface area contributed by atoms with E-state index in [1.54, 1.807) is 23.0 Å². The Labute approximate surface area is 116 Å². The first-order valence-corrected chi connectivity index (χ1v) is 6.29. The summed E-state index contributed by atoms with van der Waals surface area (Å²) in [6.07, 6.45) is 3.46. The Morgan fingerprint density at radius 3 is 2.45 bits per heavy atom. The van der Waals surface area contributed by atoms with Crippen LogP contribution in [0, 0.1) is 5.82 Å². The van der Waals surface area contributed by atoms with E-state index >= 15 is 0 Å². The maximum Gasteiger partial charge on any atom is 0.165 e. The maximum atomic E-state index is 12.8. The predicted molar refractivity (Wildman–Crippen MR) is 74.2 cm³/mol. The third-order valence-electron chi connectivity index (χ3n) is 2.85. The van der Waals surface area contributed by atoms with E-state index in [1.807, 2.05) is 36.5 Å². The second kappa shape index (κ2) is 5.57. The smallest absolute Gasteiger partial charge is 0.165 e. The van der Waals surface area contributed by atoms with Gasteiger partial charge in [0.15, 0.2) is 5.75 Å². The Hall–Kier alpha value is -2.62. The highest BCUT2D eigenvalue weighted by Gasteiger charge is 2.02. The first-order chi connectivity index (χ1) is 9.79. The predicted octanol–water partition coefficient (Wildman–Crippen LogP) is 3.86. The lowest BCUT2D eigenvalue weighted by Gasteiger charge is -2.02. The summed E-state index contributed by atoms with van der Waals surface area (Å²) in [6, 6.07) is 16.0. The van der Waals surface area contributed by atoms with Crippen molar-refractivity contribution in [3.05, 3.63) is 78.4 Å². The molecule has 3 nitrogen and oxygen atoms in total. The molecule has 20 heavy (non-hydrogen) atoms. The van der Waals surface area contributed by atoms with Crippen molar-refractivity contribution in [2.75, 3.05) is 0 Å². The van der Waals surface area contributed by atoms with Crippen LogP contribution in [-0.2, 0) is 6.54 Å². The van der Waals surface area contributed by atoms with Gasteiger partial charge in [0, 0.05) is 0 Å². The quantitative estimate of drug-likeness (QED) is 0.718. The van der Waals surface area contributed by atoms with E-state index in [1.165, 1.54) is 17.7 Å². The summed E-state index contributed by atoms with van der Waals surface area (Å²) >= 11 is 0. The van der Waals surface area contributed by atoms with Gasteiger partial charge in [-0.25, -0.2) is 4.39 Å². The van der Waals surface area contributed by atoms with Crippen molar-refractivity contribution in [3.63, 3.8) is 0 Å². The molecule has 0 aliphatic rings. The van der Waals surface area contributed by atoms with Crippen LogP contribution in [0.15, 0.2) is 67.0 Å². The van der Waals surface area contributed by atoms with E-state index in [0.29, 0.717) is 18.0 Å². The van der Waals surface area contributed by atoms with Crippen LogP contribution >= 0.6 is 0 Å². The first-order valence-electron chi connectivity index (χ1n) is 6.29. The molecule has 0 spiro atoms. The molecule has 0 fully saturated rings. The van der Waals surface area contributed by atoms with Crippen molar-refractivity contribution in [2.24, 2.45) is 0 Å². The highest BCUT2D eigenvalue weighted by atomic mass is 19.1. The number of nitrogens with zero attached hydrogens (tertiary/aromatic N) is 2. The minimum absolute atomic E-state index is 0.280. The molecule has 3 aromatic rings. The van der Waals surface area contributed by atoms with Crippen LogP contribution in [0.5, 0.6) is 11.5 Å². The Morgan fingerprint density at radius 2 is 1.70 bits per heavy atom. The Bertz CT molecular complexity index is 677. The molecular formula is C16H13FN2O. The van der Waals surface area contributed by atoms with Crippen LogP contribution < -0.4 is 4.74 Å². The molecule has 0 aliphatic heterocycles. The molecule has 0 saturated heterocycles. The lowest BCUT2D eigenvalue weighted by Crippen LogP contribution is -1.99. The summed E-state index contributed by atoms with van der Waals surface area (Å²) in [6.45, 7) is 0.688. The third-order valence-corrected chi connectivity index (χ3v) is 2.85. The van der Waals surface area contributed by atoms with Crippen molar-refractivity contribution in [2.45, 2.75) is 6.54 Å². The van der Waals surface area contributed by atoms with Gasteiger partial charge in [-0.2, -0.15) is 5.10 Å². The number of hydrogen-bond acceptors (Lipinski definition) is 2. The molecule has 4 heteroatoms. The molecule has 0 amide bonds.